The van der Waals surface area contributed by atoms with Crippen molar-refractivity contribution in [2.24, 2.45) is 5.92 Å². The van der Waals surface area contributed by atoms with Crippen molar-refractivity contribution >= 4 is 0 Å². The van der Waals surface area contributed by atoms with Gasteiger partial charge in [-0.05, 0) is 24.3 Å². The first-order valence-electron chi connectivity index (χ1n) is 8.48. The minimum Gasteiger partial charge on any atom is -0.311 e. The van der Waals surface area contributed by atoms with Gasteiger partial charge in [-0.2, -0.15) is 0 Å². The van der Waals surface area contributed by atoms with E-state index >= 15 is 0 Å². The molecule has 2 nitrogen and oxygen atoms in total. The molecule has 3 rings (SSSR count). The van der Waals surface area contributed by atoms with E-state index in [1.54, 1.807) is 0 Å². The van der Waals surface area contributed by atoms with Crippen LogP contribution in [0.4, 0.5) is 0 Å². The Morgan fingerprint density at radius 1 is 1.19 bits per heavy atom. The van der Waals surface area contributed by atoms with Gasteiger partial charge in [-0.3, -0.25) is 4.90 Å². The standard InChI is InChI=1S/C19H28N2/c1-3-15(2)18-14-21(17-11-7-8-12-17)19(13-20-18)16-9-5-4-6-10-16/h4-10,15,17-20H,3,11-14H2,1-2H3. The summed E-state index contributed by atoms with van der Waals surface area (Å²) in [5.41, 5.74) is 1.46. The molecule has 21 heavy (non-hydrogen) atoms. The molecule has 2 aliphatic rings. The van der Waals surface area contributed by atoms with Crippen molar-refractivity contribution in [1.82, 2.24) is 10.2 Å². The van der Waals surface area contributed by atoms with Gasteiger partial charge in [0.15, 0.2) is 0 Å². The van der Waals surface area contributed by atoms with E-state index in [1.807, 2.05) is 0 Å². The second kappa shape index (κ2) is 6.76. The summed E-state index contributed by atoms with van der Waals surface area (Å²) in [6, 6.07) is 12.9. The van der Waals surface area contributed by atoms with E-state index in [-0.39, 0.29) is 0 Å². The van der Waals surface area contributed by atoms with Crippen molar-refractivity contribution in [1.29, 1.82) is 0 Å². The molecule has 0 bridgehead atoms. The van der Waals surface area contributed by atoms with Crippen molar-refractivity contribution in [3.05, 3.63) is 48.0 Å². The van der Waals surface area contributed by atoms with Crippen molar-refractivity contribution in [3.63, 3.8) is 0 Å². The average molecular weight is 284 g/mol. The van der Waals surface area contributed by atoms with Gasteiger partial charge in [0.1, 0.15) is 0 Å². The lowest BCUT2D eigenvalue weighted by atomic mass is 9.91. The molecule has 1 saturated heterocycles. The molecule has 1 aromatic rings. The molecule has 1 fully saturated rings. The Hall–Kier alpha value is -1.12. The SMILES string of the molecule is CCC(C)C1CN(C2CC=CC2)C(c2ccccc2)CN1. The number of hydrogen-bond acceptors (Lipinski definition) is 2. The number of nitrogens with zero attached hydrogens (tertiary/aromatic N) is 1. The Kier molecular flexibility index (Phi) is 4.77. The van der Waals surface area contributed by atoms with Gasteiger partial charge in [-0.1, -0.05) is 62.8 Å². The topological polar surface area (TPSA) is 15.3 Å². The van der Waals surface area contributed by atoms with Crippen molar-refractivity contribution in [3.8, 4) is 0 Å². The van der Waals surface area contributed by atoms with Crippen LogP contribution < -0.4 is 5.32 Å². The van der Waals surface area contributed by atoms with Gasteiger partial charge in [0, 0.05) is 31.2 Å². The van der Waals surface area contributed by atoms with Crippen LogP contribution in [0.15, 0.2) is 42.5 Å². The highest BCUT2D eigenvalue weighted by Crippen LogP contribution is 2.31. The first-order valence-corrected chi connectivity index (χ1v) is 8.48. The molecule has 0 aromatic heterocycles. The monoisotopic (exact) mass is 284 g/mol. The molecule has 1 N–H and O–H groups in total. The summed E-state index contributed by atoms with van der Waals surface area (Å²) >= 11 is 0. The lowest BCUT2D eigenvalue weighted by Gasteiger charge is -2.45. The largest absolute Gasteiger partial charge is 0.311 e. The molecular formula is C19H28N2. The lowest BCUT2D eigenvalue weighted by Crippen LogP contribution is -2.57. The minimum absolute atomic E-state index is 0.524. The van der Waals surface area contributed by atoms with Gasteiger partial charge in [-0.25, -0.2) is 0 Å². The maximum absolute atomic E-state index is 3.81. The van der Waals surface area contributed by atoms with E-state index in [9.17, 15) is 0 Å². The predicted octanol–water partition coefficient (Wildman–Crippen LogP) is 3.77. The average Bonchev–Trinajstić information content (AvgIpc) is 3.09. The summed E-state index contributed by atoms with van der Waals surface area (Å²) in [5, 5.41) is 3.81. The van der Waals surface area contributed by atoms with Crippen molar-refractivity contribution in [2.75, 3.05) is 13.1 Å². The Morgan fingerprint density at radius 3 is 2.57 bits per heavy atom. The molecule has 3 unspecified atom stereocenters. The molecule has 1 aromatic carbocycles. The molecule has 0 saturated carbocycles. The van der Waals surface area contributed by atoms with E-state index in [1.165, 1.54) is 31.4 Å². The van der Waals surface area contributed by atoms with Gasteiger partial charge in [0.25, 0.3) is 0 Å². The highest BCUT2D eigenvalue weighted by molar-refractivity contribution is 5.21. The molecule has 114 valence electrons. The summed E-state index contributed by atoms with van der Waals surface area (Å²) in [7, 11) is 0. The zero-order valence-electron chi connectivity index (χ0n) is 13.3. The second-order valence-electron chi connectivity index (χ2n) is 6.62. The Morgan fingerprint density at radius 2 is 1.90 bits per heavy atom. The minimum atomic E-state index is 0.524. The predicted molar refractivity (Wildman–Crippen MR) is 89.3 cm³/mol. The first-order chi connectivity index (χ1) is 10.3. The van der Waals surface area contributed by atoms with Crippen LogP contribution in [-0.4, -0.2) is 30.1 Å². The van der Waals surface area contributed by atoms with E-state index < -0.39 is 0 Å². The third-order valence-electron chi connectivity index (χ3n) is 5.35. The fourth-order valence-electron chi connectivity index (χ4n) is 3.73. The fourth-order valence-corrected chi connectivity index (χ4v) is 3.73. The summed E-state index contributed by atoms with van der Waals surface area (Å²) in [5.74, 6) is 0.749. The summed E-state index contributed by atoms with van der Waals surface area (Å²) in [6.45, 7) is 6.94. The summed E-state index contributed by atoms with van der Waals surface area (Å²) < 4.78 is 0. The normalized spacial score (nSPS) is 28.9. The molecule has 1 heterocycles. The maximum Gasteiger partial charge on any atom is 0.0476 e. The number of nitrogens with one attached hydrogen (secondary N) is 1. The lowest BCUT2D eigenvalue weighted by molar-refractivity contribution is 0.0702. The smallest absolute Gasteiger partial charge is 0.0476 e. The molecule has 3 atom stereocenters. The van der Waals surface area contributed by atoms with Gasteiger partial charge in [0.05, 0.1) is 0 Å². The van der Waals surface area contributed by atoms with Crippen LogP contribution in [0.3, 0.4) is 0 Å². The van der Waals surface area contributed by atoms with Crippen molar-refractivity contribution in [2.45, 2.75) is 51.2 Å². The first kappa shape index (κ1) is 14.8. The molecular weight excluding hydrogens is 256 g/mol. The van der Waals surface area contributed by atoms with Crippen LogP contribution >= 0.6 is 0 Å². The van der Waals surface area contributed by atoms with E-state index in [4.69, 9.17) is 0 Å². The molecule has 1 aliphatic heterocycles. The van der Waals surface area contributed by atoms with Crippen LogP contribution in [0, 0.1) is 5.92 Å². The zero-order valence-corrected chi connectivity index (χ0v) is 13.3. The third kappa shape index (κ3) is 3.22. The molecule has 2 heteroatoms. The van der Waals surface area contributed by atoms with Gasteiger partial charge < -0.3 is 5.32 Å². The highest BCUT2D eigenvalue weighted by Gasteiger charge is 2.35. The van der Waals surface area contributed by atoms with Crippen LogP contribution in [0.1, 0.15) is 44.7 Å². The van der Waals surface area contributed by atoms with Crippen LogP contribution in [-0.2, 0) is 0 Å². The zero-order chi connectivity index (χ0) is 14.7. The van der Waals surface area contributed by atoms with Crippen LogP contribution in [0.2, 0.25) is 0 Å². The quantitative estimate of drug-likeness (QED) is 0.847. The number of rotatable bonds is 4. The molecule has 0 amide bonds. The van der Waals surface area contributed by atoms with Crippen LogP contribution in [0.5, 0.6) is 0 Å². The number of hydrogen-bond donors (Lipinski definition) is 1. The summed E-state index contributed by atoms with van der Waals surface area (Å²) in [4.78, 5) is 2.77. The van der Waals surface area contributed by atoms with E-state index in [2.05, 4.69) is 66.5 Å². The summed E-state index contributed by atoms with van der Waals surface area (Å²) in [6.07, 6.45) is 8.40. The Labute approximate surface area is 129 Å². The molecule has 0 spiro atoms. The van der Waals surface area contributed by atoms with Gasteiger partial charge >= 0.3 is 0 Å². The number of benzene rings is 1. The third-order valence-corrected chi connectivity index (χ3v) is 5.35. The number of piperazine rings is 1. The van der Waals surface area contributed by atoms with E-state index in [0.717, 1.165) is 12.5 Å². The Bertz CT molecular complexity index is 460. The molecule has 1 aliphatic carbocycles. The van der Waals surface area contributed by atoms with Crippen molar-refractivity contribution < 1.29 is 0 Å². The fraction of sp³-hybridized carbons (Fsp3) is 0.579. The Balaban J connectivity index is 1.79. The molecule has 0 radical (unpaired) electrons. The second-order valence-corrected chi connectivity index (χ2v) is 6.62. The maximum atomic E-state index is 3.81. The van der Waals surface area contributed by atoms with Gasteiger partial charge in [0.2, 0.25) is 0 Å². The van der Waals surface area contributed by atoms with Crippen LogP contribution in [0.25, 0.3) is 0 Å². The van der Waals surface area contributed by atoms with E-state index in [0.29, 0.717) is 18.1 Å². The van der Waals surface area contributed by atoms with Gasteiger partial charge in [-0.15, -0.1) is 0 Å². The highest BCUT2D eigenvalue weighted by atomic mass is 15.3.